The molecule has 0 unspecified atom stereocenters. The summed E-state index contributed by atoms with van der Waals surface area (Å²) in [6.07, 6.45) is 2.22. The minimum atomic E-state index is -3.84. The van der Waals surface area contributed by atoms with Crippen molar-refractivity contribution in [1.29, 1.82) is 0 Å². The third-order valence-electron chi connectivity index (χ3n) is 4.91. The van der Waals surface area contributed by atoms with E-state index in [1.807, 2.05) is 6.07 Å². The Kier molecular flexibility index (Phi) is 6.73. The highest BCUT2D eigenvalue weighted by atomic mass is 35.5. The highest BCUT2D eigenvalue weighted by molar-refractivity contribution is 7.99. The molecule has 8 nitrogen and oxygen atoms in total. The van der Waals surface area contributed by atoms with Crippen molar-refractivity contribution in [3.05, 3.63) is 59.4 Å². The smallest absolute Gasteiger partial charge is 0.264 e. The number of rotatable bonds is 9. The Morgan fingerprint density at radius 3 is 2.69 bits per heavy atom. The van der Waals surface area contributed by atoms with Crippen molar-refractivity contribution in [2.45, 2.75) is 35.7 Å². The van der Waals surface area contributed by atoms with Gasteiger partial charge in [0.05, 0.1) is 27.0 Å². The van der Waals surface area contributed by atoms with Crippen LogP contribution in [0.4, 0.5) is 11.4 Å². The van der Waals surface area contributed by atoms with Gasteiger partial charge in [0.25, 0.3) is 10.0 Å². The molecular formula is C21H22ClN5O3S2. The lowest BCUT2D eigenvalue weighted by atomic mass is 10.3. The van der Waals surface area contributed by atoms with Crippen molar-refractivity contribution >= 4 is 50.7 Å². The first kappa shape index (κ1) is 22.6. The van der Waals surface area contributed by atoms with Crippen LogP contribution >= 0.6 is 23.4 Å². The number of halogens is 1. The number of hydrogen-bond acceptors (Lipinski definition) is 6. The zero-order chi connectivity index (χ0) is 22.7. The first-order valence-corrected chi connectivity index (χ1v) is 12.9. The Bertz CT molecular complexity index is 1210. The van der Waals surface area contributed by atoms with Gasteiger partial charge >= 0.3 is 0 Å². The van der Waals surface area contributed by atoms with Gasteiger partial charge in [-0.05, 0) is 50.1 Å². The van der Waals surface area contributed by atoms with Crippen LogP contribution in [0.3, 0.4) is 0 Å². The van der Waals surface area contributed by atoms with E-state index in [9.17, 15) is 13.2 Å². The molecular weight excluding hydrogens is 470 g/mol. The molecule has 1 heterocycles. The van der Waals surface area contributed by atoms with E-state index in [-0.39, 0.29) is 33.8 Å². The van der Waals surface area contributed by atoms with Gasteiger partial charge in [-0.15, -0.1) is 5.10 Å². The molecule has 1 saturated carbocycles. The van der Waals surface area contributed by atoms with Crippen molar-refractivity contribution in [3.63, 3.8) is 0 Å². The number of amides is 1. The molecule has 0 aliphatic heterocycles. The lowest BCUT2D eigenvalue weighted by Gasteiger charge is -2.23. The summed E-state index contributed by atoms with van der Waals surface area (Å²) >= 11 is 7.42. The number of carbonyl (C=O) groups excluding carboxylic acids is 1. The highest BCUT2D eigenvalue weighted by Gasteiger charge is 2.27. The van der Waals surface area contributed by atoms with Gasteiger partial charge in [0.15, 0.2) is 0 Å². The number of aromatic nitrogens is 3. The van der Waals surface area contributed by atoms with E-state index in [2.05, 4.69) is 20.5 Å². The van der Waals surface area contributed by atoms with Crippen LogP contribution in [-0.4, -0.2) is 41.8 Å². The largest absolute Gasteiger partial charge is 0.324 e. The average molecular weight is 492 g/mol. The van der Waals surface area contributed by atoms with E-state index in [0.717, 1.165) is 18.7 Å². The lowest BCUT2D eigenvalue weighted by Crippen LogP contribution is -2.30. The van der Waals surface area contributed by atoms with Crippen LogP contribution in [0.1, 0.15) is 31.5 Å². The molecule has 168 valence electrons. The molecule has 1 aliphatic rings. The molecule has 3 aromatic rings. The van der Waals surface area contributed by atoms with Gasteiger partial charge in [-0.25, -0.2) is 13.4 Å². The van der Waals surface area contributed by atoms with Crippen molar-refractivity contribution in [3.8, 4) is 0 Å². The van der Waals surface area contributed by atoms with Crippen LogP contribution in [0.15, 0.2) is 58.6 Å². The number of sulfonamides is 1. The van der Waals surface area contributed by atoms with Crippen LogP contribution in [0, 0.1) is 0 Å². The summed E-state index contributed by atoms with van der Waals surface area (Å²) in [7, 11) is -3.84. The number of H-pyrrole nitrogens is 1. The molecule has 2 aromatic carbocycles. The summed E-state index contributed by atoms with van der Waals surface area (Å²) in [5, 5.41) is 10.5. The third kappa shape index (κ3) is 5.08. The fourth-order valence-electron chi connectivity index (χ4n) is 3.15. The predicted octanol–water partition coefficient (Wildman–Crippen LogP) is 4.28. The van der Waals surface area contributed by atoms with E-state index in [1.165, 1.54) is 34.3 Å². The maximum absolute atomic E-state index is 13.2. The molecule has 0 saturated heterocycles. The van der Waals surface area contributed by atoms with Crippen molar-refractivity contribution in [2.75, 3.05) is 21.9 Å². The highest BCUT2D eigenvalue weighted by Crippen LogP contribution is 2.38. The number of nitrogens with zero attached hydrogens (tertiary/aromatic N) is 3. The predicted molar refractivity (Wildman–Crippen MR) is 126 cm³/mol. The van der Waals surface area contributed by atoms with Gasteiger partial charge in [0.2, 0.25) is 11.1 Å². The summed E-state index contributed by atoms with van der Waals surface area (Å²) in [5.41, 5.74) is 0.792. The third-order valence-corrected chi connectivity index (χ3v) is 7.99. The molecule has 1 aliphatic carbocycles. The van der Waals surface area contributed by atoms with E-state index in [1.54, 1.807) is 31.2 Å². The van der Waals surface area contributed by atoms with Gasteiger partial charge in [-0.1, -0.05) is 41.6 Å². The molecule has 0 spiro atoms. The van der Waals surface area contributed by atoms with Crippen LogP contribution < -0.4 is 9.62 Å². The molecule has 2 N–H and O–H groups in total. The molecule has 32 heavy (non-hydrogen) atoms. The number of benzene rings is 2. The van der Waals surface area contributed by atoms with Crippen LogP contribution in [0.25, 0.3) is 0 Å². The second kappa shape index (κ2) is 9.51. The Labute approximate surface area is 195 Å². The summed E-state index contributed by atoms with van der Waals surface area (Å²) in [6, 6.07) is 13.1. The van der Waals surface area contributed by atoms with Gasteiger partial charge < -0.3 is 5.32 Å². The molecule has 1 amide bonds. The van der Waals surface area contributed by atoms with Gasteiger partial charge in [0.1, 0.15) is 5.82 Å². The summed E-state index contributed by atoms with van der Waals surface area (Å²) in [6.45, 7) is 2.02. The van der Waals surface area contributed by atoms with E-state index in [0.29, 0.717) is 16.8 Å². The second-order valence-electron chi connectivity index (χ2n) is 7.26. The van der Waals surface area contributed by atoms with Gasteiger partial charge in [-0.3, -0.25) is 14.2 Å². The normalized spacial score (nSPS) is 13.7. The number of carbonyl (C=O) groups is 1. The number of nitrogens with one attached hydrogen (secondary N) is 2. The van der Waals surface area contributed by atoms with Crippen molar-refractivity contribution < 1.29 is 13.2 Å². The lowest BCUT2D eigenvalue weighted by molar-refractivity contribution is -0.113. The molecule has 0 radical (unpaired) electrons. The standard InChI is InChI=1S/C21H22ClN5O3S2/c1-2-27(15-6-4-3-5-7-15)32(29,30)16-10-11-17(22)18(12-16)23-19(28)13-31-21-24-20(25-26-21)14-8-9-14/h3-7,10-12,14H,2,8-9,13H2,1H3,(H,23,28)(H,24,25,26). The molecule has 11 heteroatoms. The Balaban J connectivity index is 1.47. The van der Waals surface area contributed by atoms with Gasteiger partial charge in [0, 0.05) is 12.5 Å². The molecule has 0 bridgehead atoms. The van der Waals surface area contributed by atoms with E-state index < -0.39 is 10.0 Å². The Morgan fingerprint density at radius 1 is 1.25 bits per heavy atom. The van der Waals surface area contributed by atoms with E-state index >= 15 is 0 Å². The summed E-state index contributed by atoms with van der Waals surface area (Å²) in [4.78, 5) is 16.9. The summed E-state index contributed by atoms with van der Waals surface area (Å²) < 4.78 is 27.8. The first-order valence-electron chi connectivity index (χ1n) is 10.1. The molecule has 4 rings (SSSR count). The molecule has 1 fully saturated rings. The number of para-hydroxylation sites is 1. The minimum Gasteiger partial charge on any atom is -0.324 e. The van der Waals surface area contributed by atoms with Crippen LogP contribution in [-0.2, 0) is 14.8 Å². The monoisotopic (exact) mass is 491 g/mol. The zero-order valence-corrected chi connectivity index (χ0v) is 19.7. The fraction of sp³-hybridized carbons (Fsp3) is 0.286. The molecule has 1 aromatic heterocycles. The molecule has 0 atom stereocenters. The Morgan fingerprint density at radius 2 is 2.00 bits per heavy atom. The van der Waals surface area contributed by atoms with Gasteiger partial charge in [-0.2, -0.15) is 0 Å². The topological polar surface area (TPSA) is 108 Å². The average Bonchev–Trinajstić information content (AvgIpc) is 3.52. The van der Waals surface area contributed by atoms with Crippen molar-refractivity contribution in [1.82, 2.24) is 15.2 Å². The maximum atomic E-state index is 13.2. The first-order chi connectivity index (χ1) is 15.4. The Hall–Kier alpha value is -2.56. The zero-order valence-electron chi connectivity index (χ0n) is 17.3. The van der Waals surface area contributed by atoms with Crippen LogP contribution in [0.5, 0.6) is 0 Å². The quantitative estimate of drug-likeness (QED) is 0.432. The summed E-state index contributed by atoms with van der Waals surface area (Å²) in [5.74, 6) is 1.04. The fourth-order valence-corrected chi connectivity index (χ4v) is 5.42. The SMILES string of the molecule is CCN(c1ccccc1)S(=O)(=O)c1ccc(Cl)c(NC(=O)CSc2n[nH]c(C3CC3)n2)c1. The van der Waals surface area contributed by atoms with Crippen molar-refractivity contribution in [2.24, 2.45) is 0 Å². The van der Waals surface area contributed by atoms with E-state index in [4.69, 9.17) is 11.6 Å². The number of hydrogen-bond donors (Lipinski definition) is 2. The number of aromatic amines is 1. The minimum absolute atomic E-state index is 0.0404. The van der Waals surface area contributed by atoms with Crippen LogP contribution in [0.2, 0.25) is 5.02 Å². The number of thioether (sulfide) groups is 1. The number of anilines is 2. The second-order valence-corrected chi connectivity index (χ2v) is 10.5. The maximum Gasteiger partial charge on any atom is 0.264 e.